The number of nitro groups is 1. The predicted octanol–water partition coefficient (Wildman–Crippen LogP) is 2.94. The van der Waals surface area contributed by atoms with Gasteiger partial charge in [-0.3, -0.25) is 14.9 Å². The van der Waals surface area contributed by atoms with Crippen LogP contribution in [-0.2, 0) is 14.8 Å². The van der Waals surface area contributed by atoms with Gasteiger partial charge in [-0.25, -0.2) is 8.42 Å². The highest BCUT2D eigenvalue weighted by atomic mass is 32.2. The molecule has 3 rings (SSSR count). The van der Waals surface area contributed by atoms with Gasteiger partial charge in [0.05, 0.1) is 15.7 Å². The molecule has 0 spiro atoms. The van der Waals surface area contributed by atoms with Crippen molar-refractivity contribution in [3.8, 4) is 0 Å². The Balaban J connectivity index is 1.75. The number of amides is 1. The molecule has 0 radical (unpaired) electrons. The van der Waals surface area contributed by atoms with E-state index in [0.29, 0.717) is 19.4 Å². The summed E-state index contributed by atoms with van der Waals surface area (Å²) in [6, 6.07) is 12.5. The Morgan fingerprint density at radius 1 is 1.18 bits per heavy atom. The van der Waals surface area contributed by atoms with E-state index in [1.54, 1.807) is 30.3 Å². The second-order valence-electron chi connectivity index (χ2n) is 6.78. The van der Waals surface area contributed by atoms with E-state index in [9.17, 15) is 23.3 Å². The third-order valence-corrected chi connectivity index (χ3v) is 6.65. The van der Waals surface area contributed by atoms with Gasteiger partial charge in [-0.2, -0.15) is 4.31 Å². The zero-order valence-corrected chi connectivity index (χ0v) is 16.2. The number of hydrogen-bond donors (Lipinski definition) is 1. The molecular weight excluding hydrogens is 382 g/mol. The van der Waals surface area contributed by atoms with Gasteiger partial charge in [0, 0.05) is 19.2 Å². The first-order valence-electron chi connectivity index (χ1n) is 8.90. The van der Waals surface area contributed by atoms with Crippen molar-refractivity contribution >= 4 is 27.3 Å². The zero-order valence-electron chi connectivity index (χ0n) is 15.4. The summed E-state index contributed by atoms with van der Waals surface area (Å²) >= 11 is 0. The number of carbonyl (C=O) groups is 1. The van der Waals surface area contributed by atoms with Crippen molar-refractivity contribution in [1.82, 2.24) is 4.31 Å². The molecule has 28 heavy (non-hydrogen) atoms. The number of carbonyl (C=O) groups excluding carboxylic acids is 1. The fourth-order valence-electron chi connectivity index (χ4n) is 3.21. The first-order chi connectivity index (χ1) is 13.3. The molecule has 1 aliphatic rings. The lowest BCUT2D eigenvalue weighted by Gasteiger charge is -2.31. The van der Waals surface area contributed by atoms with Crippen LogP contribution in [0, 0.1) is 23.0 Å². The summed E-state index contributed by atoms with van der Waals surface area (Å²) in [5.41, 5.74) is 0.867. The van der Waals surface area contributed by atoms with E-state index < -0.39 is 26.8 Å². The van der Waals surface area contributed by atoms with E-state index in [2.05, 4.69) is 5.32 Å². The van der Waals surface area contributed by atoms with Crippen LogP contribution in [0.4, 0.5) is 11.4 Å². The number of para-hydroxylation sites is 2. The standard InChI is InChI=1S/C19H21N3O5S/c1-14-8-10-16(11-9-14)28(26,27)21-12-4-5-15(13-21)19(23)20-17-6-2-3-7-18(17)22(24)25/h2-3,6-11,15H,4-5,12-13H2,1H3,(H,20,23)/t15-/m1/s1. The molecule has 0 saturated carbocycles. The molecule has 1 atom stereocenters. The molecule has 1 saturated heterocycles. The zero-order chi connectivity index (χ0) is 20.3. The Kier molecular flexibility index (Phi) is 5.76. The van der Waals surface area contributed by atoms with E-state index in [-0.39, 0.29) is 22.8 Å². The Morgan fingerprint density at radius 2 is 1.86 bits per heavy atom. The second-order valence-corrected chi connectivity index (χ2v) is 8.72. The minimum Gasteiger partial charge on any atom is -0.320 e. The molecule has 2 aromatic rings. The molecule has 0 unspecified atom stereocenters. The lowest BCUT2D eigenvalue weighted by molar-refractivity contribution is -0.383. The number of rotatable bonds is 5. The molecule has 1 amide bonds. The van der Waals surface area contributed by atoms with Crippen LogP contribution in [0.25, 0.3) is 0 Å². The van der Waals surface area contributed by atoms with Crippen molar-refractivity contribution in [2.24, 2.45) is 5.92 Å². The summed E-state index contributed by atoms with van der Waals surface area (Å²) in [5, 5.41) is 13.7. The highest BCUT2D eigenvalue weighted by Gasteiger charge is 2.33. The SMILES string of the molecule is Cc1ccc(S(=O)(=O)N2CCC[C@@H](C(=O)Nc3ccccc3[N+](=O)[O-])C2)cc1. The number of sulfonamides is 1. The normalized spacial score (nSPS) is 17.8. The fourth-order valence-corrected chi connectivity index (χ4v) is 4.73. The Bertz CT molecular complexity index is 989. The topological polar surface area (TPSA) is 110 Å². The predicted molar refractivity (Wildman–Crippen MR) is 104 cm³/mol. The van der Waals surface area contributed by atoms with Crippen LogP contribution in [0.5, 0.6) is 0 Å². The lowest BCUT2D eigenvalue weighted by Crippen LogP contribution is -2.43. The summed E-state index contributed by atoms with van der Waals surface area (Å²) in [7, 11) is -3.69. The van der Waals surface area contributed by atoms with Crippen LogP contribution in [-0.4, -0.2) is 36.6 Å². The van der Waals surface area contributed by atoms with Crippen molar-refractivity contribution in [3.05, 3.63) is 64.2 Å². The van der Waals surface area contributed by atoms with E-state index >= 15 is 0 Å². The molecule has 1 heterocycles. The fraction of sp³-hybridized carbons (Fsp3) is 0.316. The Hall–Kier alpha value is -2.78. The molecular formula is C19H21N3O5S. The van der Waals surface area contributed by atoms with Crippen molar-refractivity contribution in [1.29, 1.82) is 0 Å². The average molecular weight is 403 g/mol. The quantitative estimate of drug-likeness (QED) is 0.610. The van der Waals surface area contributed by atoms with E-state index in [1.165, 1.54) is 22.5 Å². The van der Waals surface area contributed by atoms with Crippen LogP contribution in [0.15, 0.2) is 53.4 Å². The number of anilines is 1. The molecule has 0 aromatic heterocycles. The minimum absolute atomic E-state index is 0.0443. The number of nitrogens with one attached hydrogen (secondary N) is 1. The monoisotopic (exact) mass is 403 g/mol. The molecule has 1 aliphatic heterocycles. The molecule has 2 aromatic carbocycles. The maximum Gasteiger partial charge on any atom is 0.292 e. The largest absolute Gasteiger partial charge is 0.320 e. The van der Waals surface area contributed by atoms with Gasteiger partial charge in [-0.1, -0.05) is 29.8 Å². The van der Waals surface area contributed by atoms with Crippen LogP contribution >= 0.6 is 0 Å². The van der Waals surface area contributed by atoms with Crippen LogP contribution in [0.1, 0.15) is 18.4 Å². The number of benzene rings is 2. The molecule has 148 valence electrons. The molecule has 8 nitrogen and oxygen atoms in total. The van der Waals surface area contributed by atoms with Gasteiger partial charge in [-0.15, -0.1) is 0 Å². The molecule has 0 bridgehead atoms. The number of piperidine rings is 1. The van der Waals surface area contributed by atoms with Crippen molar-refractivity contribution < 1.29 is 18.1 Å². The van der Waals surface area contributed by atoms with Gasteiger partial charge in [0.15, 0.2) is 0 Å². The minimum atomic E-state index is -3.69. The summed E-state index contributed by atoms with van der Waals surface area (Å²) < 4.78 is 27.1. The van der Waals surface area contributed by atoms with Crippen molar-refractivity contribution in [2.75, 3.05) is 18.4 Å². The first-order valence-corrected chi connectivity index (χ1v) is 10.3. The molecule has 1 fully saturated rings. The molecule has 0 aliphatic carbocycles. The van der Waals surface area contributed by atoms with Crippen LogP contribution < -0.4 is 5.32 Å². The van der Waals surface area contributed by atoms with Crippen LogP contribution in [0.2, 0.25) is 0 Å². The lowest BCUT2D eigenvalue weighted by atomic mass is 9.98. The molecule has 9 heteroatoms. The van der Waals surface area contributed by atoms with Gasteiger partial charge in [0.2, 0.25) is 15.9 Å². The van der Waals surface area contributed by atoms with Crippen LogP contribution in [0.3, 0.4) is 0 Å². The second kappa shape index (κ2) is 8.07. The summed E-state index contributed by atoms with van der Waals surface area (Å²) in [5.74, 6) is -0.994. The van der Waals surface area contributed by atoms with E-state index in [4.69, 9.17) is 0 Å². The number of hydrogen-bond acceptors (Lipinski definition) is 5. The summed E-state index contributed by atoms with van der Waals surface area (Å²) in [4.78, 5) is 23.4. The highest BCUT2D eigenvalue weighted by Crippen LogP contribution is 2.27. The van der Waals surface area contributed by atoms with Crippen molar-refractivity contribution in [3.63, 3.8) is 0 Å². The van der Waals surface area contributed by atoms with E-state index in [1.807, 2.05) is 6.92 Å². The first kappa shape index (κ1) is 20.0. The Labute approximate surface area is 163 Å². The summed E-state index contributed by atoms with van der Waals surface area (Å²) in [6.07, 6.45) is 1.06. The number of aryl methyl sites for hydroxylation is 1. The van der Waals surface area contributed by atoms with Gasteiger partial charge in [0.25, 0.3) is 5.69 Å². The van der Waals surface area contributed by atoms with E-state index in [0.717, 1.165) is 5.56 Å². The maximum atomic E-state index is 12.9. The highest BCUT2D eigenvalue weighted by molar-refractivity contribution is 7.89. The third kappa shape index (κ3) is 4.20. The van der Waals surface area contributed by atoms with Gasteiger partial charge in [0.1, 0.15) is 5.69 Å². The number of nitro benzene ring substituents is 1. The molecule has 1 N–H and O–H groups in total. The van der Waals surface area contributed by atoms with Crippen molar-refractivity contribution in [2.45, 2.75) is 24.7 Å². The van der Waals surface area contributed by atoms with Gasteiger partial charge < -0.3 is 5.32 Å². The number of nitrogens with zero attached hydrogens (tertiary/aromatic N) is 2. The summed E-state index contributed by atoms with van der Waals surface area (Å²) in [6.45, 7) is 2.26. The van der Waals surface area contributed by atoms with Gasteiger partial charge >= 0.3 is 0 Å². The van der Waals surface area contributed by atoms with Gasteiger partial charge in [-0.05, 0) is 38.0 Å². The Morgan fingerprint density at radius 3 is 2.54 bits per heavy atom. The third-order valence-electron chi connectivity index (χ3n) is 4.77. The average Bonchev–Trinajstić information content (AvgIpc) is 2.68. The smallest absolute Gasteiger partial charge is 0.292 e. The maximum absolute atomic E-state index is 12.9.